The Balaban J connectivity index is 2.03. The van der Waals surface area contributed by atoms with Crippen LogP contribution >= 0.6 is 15.9 Å². The average molecular weight is 312 g/mol. The van der Waals surface area contributed by atoms with E-state index in [0.29, 0.717) is 12.1 Å². The topological polar surface area (TPSA) is 25.2 Å². The minimum atomic E-state index is -0.200. The highest BCUT2D eigenvalue weighted by Gasteiger charge is 2.11. The number of aryl methyl sites for hydroxylation is 1. The van der Waals surface area contributed by atoms with Crippen LogP contribution in [-0.4, -0.2) is 0 Å². The molecule has 1 aromatic heterocycles. The van der Waals surface area contributed by atoms with Gasteiger partial charge in [0.25, 0.3) is 0 Å². The Hall–Kier alpha value is -1.13. The first-order chi connectivity index (χ1) is 8.56. The van der Waals surface area contributed by atoms with Gasteiger partial charge in [0.2, 0.25) is 0 Å². The van der Waals surface area contributed by atoms with E-state index in [1.165, 1.54) is 6.07 Å². The van der Waals surface area contributed by atoms with Gasteiger partial charge < -0.3 is 9.73 Å². The van der Waals surface area contributed by atoms with E-state index in [1.54, 1.807) is 12.1 Å². The van der Waals surface area contributed by atoms with Gasteiger partial charge >= 0.3 is 0 Å². The van der Waals surface area contributed by atoms with Gasteiger partial charge in [0.15, 0.2) is 0 Å². The third kappa shape index (κ3) is 3.21. The standard InChI is InChI=1S/C14H15BrFNO/c1-9-3-5-12(18-9)8-17-10(2)13-7-11(15)4-6-14(13)16/h3-7,10,17H,8H2,1-2H3. The summed E-state index contributed by atoms with van der Waals surface area (Å²) in [7, 11) is 0. The lowest BCUT2D eigenvalue weighted by Gasteiger charge is -2.14. The first-order valence-electron chi connectivity index (χ1n) is 5.80. The second kappa shape index (κ2) is 5.67. The Labute approximate surface area is 114 Å². The molecule has 0 saturated carbocycles. The van der Waals surface area contributed by atoms with Gasteiger partial charge in [-0.3, -0.25) is 0 Å². The fraction of sp³-hybridized carbons (Fsp3) is 0.286. The van der Waals surface area contributed by atoms with E-state index in [4.69, 9.17) is 4.42 Å². The molecule has 18 heavy (non-hydrogen) atoms. The molecule has 0 spiro atoms. The van der Waals surface area contributed by atoms with Crippen LogP contribution < -0.4 is 5.32 Å². The normalized spacial score (nSPS) is 12.7. The zero-order valence-corrected chi connectivity index (χ0v) is 11.9. The lowest BCUT2D eigenvalue weighted by molar-refractivity contribution is 0.438. The van der Waals surface area contributed by atoms with E-state index in [1.807, 2.05) is 26.0 Å². The molecular weight excluding hydrogens is 297 g/mol. The molecular formula is C14H15BrFNO. The van der Waals surface area contributed by atoms with Gasteiger partial charge in [-0.1, -0.05) is 15.9 Å². The molecule has 0 saturated heterocycles. The van der Waals surface area contributed by atoms with Crippen molar-refractivity contribution in [3.8, 4) is 0 Å². The molecule has 1 heterocycles. The molecule has 96 valence electrons. The molecule has 1 unspecified atom stereocenters. The Morgan fingerprint density at radius 3 is 2.78 bits per heavy atom. The summed E-state index contributed by atoms with van der Waals surface area (Å²) < 4.78 is 20.0. The molecule has 0 fully saturated rings. The number of benzene rings is 1. The van der Waals surface area contributed by atoms with Crippen molar-refractivity contribution < 1.29 is 8.81 Å². The minimum absolute atomic E-state index is 0.0760. The summed E-state index contributed by atoms with van der Waals surface area (Å²) in [6.07, 6.45) is 0. The van der Waals surface area contributed by atoms with Crippen LogP contribution in [-0.2, 0) is 6.54 Å². The van der Waals surface area contributed by atoms with Crippen LogP contribution in [0.4, 0.5) is 4.39 Å². The fourth-order valence-electron chi connectivity index (χ4n) is 1.79. The molecule has 2 rings (SSSR count). The number of nitrogens with one attached hydrogen (secondary N) is 1. The van der Waals surface area contributed by atoms with Crippen LogP contribution in [0.15, 0.2) is 39.2 Å². The second-order valence-electron chi connectivity index (χ2n) is 4.28. The number of furan rings is 1. The zero-order valence-electron chi connectivity index (χ0n) is 10.3. The highest BCUT2D eigenvalue weighted by Crippen LogP contribution is 2.22. The smallest absolute Gasteiger partial charge is 0.128 e. The number of hydrogen-bond donors (Lipinski definition) is 1. The Bertz CT molecular complexity index is 538. The summed E-state index contributed by atoms with van der Waals surface area (Å²) in [5.41, 5.74) is 0.646. The van der Waals surface area contributed by atoms with Gasteiger partial charge in [-0.05, 0) is 44.2 Å². The molecule has 4 heteroatoms. The molecule has 0 amide bonds. The molecule has 1 atom stereocenters. The van der Waals surface area contributed by atoms with Crippen LogP contribution in [0.1, 0.15) is 30.0 Å². The second-order valence-corrected chi connectivity index (χ2v) is 5.20. The van der Waals surface area contributed by atoms with Crippen molar-refractivity contribution in [2.75, 3.05) is 0 Å². The van der Waals surface area contributed by atoms with E-state index in [9.17, 15) is 4.39 Å². The molecule has 0 aliphatic carbocycles. The van der Waals surface area contributed by atoms with Crippen molar-refractivity contribution in [3.05, 3.63) is 57.7 Å². The quantitative estimate of drug-likeness (QED) is 0.908. The number of rotatable bonds is 4. The molecule has 2 nitrogen and oxygen atoms in total. The summed E-state index contributed by atoms with van der Waals surface area (Å²) >= 11 is 3.35. The van der Waals surface area contributed by atoms with Crippen molar-refractivity contribution in [2.24, 2.45) is 0 Å². The van der Waals surface area contributed by atoms with Crippen molar-refractivity contribution in [1.82, 2.24) is 5.32 Å². The predicted molar refractivity (Wildman–Crippen MR) is 72.8 cm³/mol. The molecule has 0 radical (unpaired) electrons. The summed E-state index contributed by atoms with van der Waals surface area (Å²) in [6.45, 7) is 4.42. The zero-order chi connectivity index (χ0) is 13.1. The van der Waals surface area contributed by atoms with E-state index < -0.39 is 0 Å². The lowest BCUT2D eigenvalue weighted by Crippen LogP contribution is -2.18. The average Bonchev–Trinajstić information content (AvgIpc) is 2.75. The van der Waals surface area contributed by atoms with Gasteiger partial charge in [-0.25, -0.2) is 4.39 Å². The number of hydrogen-bond acceptors (Lipinski definition) is 2. The fourth-order valence-corrected chi connectivity index (χ4v) is 2.17. The third-order valence-electron chi connectivity index (χ3n) is 2.80. The van der Waals surface area contributed by atoms with Crippen LogP contribution in [0, 0.1) is 12.7 Å². The van der Waals surface area contributed by atoms with Gasteiger partial charge in [0, 0.05) is 16.1 Å². The Kier molecular flexibility index (Phi) is 4.19. The monoisotopic (exact) mass is 311 g/mol. The van der Waals surface area contributed by atoms with Crippen molar-refractivity contribution in [1.29, 1.82) is 0 Å². The molecule has 2 aromatic rings. The van der Waals surface area contributed by atoms with E-state index >= 15 is 0 Å². The highest BCUT2D eigenvalue weighted by atomic mass is 79.9. The summed E-state index contributed by atoms with van der Waals surface area (Å²) in [5, 5.41) is 3.24. The first kappa shape index (κ1) is 13.3. The minimum Gasteiger partial charge on any atom is -0.465 e. The maximum Gasteiger partial charge on any atom is 0.128 e. The molecule has 1 aromatic carbocycles. The third-order valence-corrected chi connectivity index (χ3v) is 3.30. The SMILES string of the molecule is Cc1ccc(CNC(C)c2cc(Br)ccc2F)o1. The van der Waals surface area contributed by atoms with E-state index in [-0.39, 0.29) is 11.9 Å². The van der Waals surface area contributed by atoms with Gasteiger partial charge in [0.1, 0.15) is 17.3 Å². The predicted octanol–water partition coefficient (Wildman–Crippen LogP) is 4.34. The van der Waals surface area contributed by atoms with Crippen LogP contribution in [0.25, 0.3) is 0 Å². The molecule has 1 N–H and O–H groups in total. The van der Waals surface area contributed by atoms with Crippen LogP contribution in [0.5, 0.6) is 0 Å². The molecule has 0 bridgehead atoms. The van der Waals surface area contributed by atoms with E-state index in [2.05, 4.69) is 21.2 Å². The van der Waals surface area contributed by atoms with Gasteiger partial charge in [-0.15, -0.1) is 0 Å². The Morgan fingerprint density at radius 2 is 2.11 bits per heavy atom. The first-order valence-corrected chi connectivity index (χ1v) is 6.59. The summed E-state index contributed by atoms with van der Waals surface area (Å²) in [5.74, 6) is 1.54. The maximum atomic E-state index is 13.7. The van der Waals surface area contributed by atoms with Crippen molar-refractivity contribution in [3.63, 3.8) is 0 Å². The lowest BCUT2D eigenvalue weighted by atomic mass is 10.1. The van der Waals surface area contributed by atoms with Crippen molar-refractivity contribution >= 4 is 15.9 Å². The summed E-state index contributed by atoms with van der Waals surface area (Å²) in [6, 6.07) is 8.72. The Morgan fingerprint density at radius 1 is 1.33 bits per heavy atom. The molecule has 0 aliphatic heterocycles. The van der Waals surface area contributed by atoms with Crippen LogP contribution in [0.2, 0.25) is 0 Å². The van der Waals surface area contributed by atoms with E-state index in [0.717, 1.165) is 16.0 Å². The highest BCUT2D eigenvalue weighted by molar-refractivity contribution is 9.10. The largest absolute Gasteiger partial charge is 0.465 e. The van der Waals surface area contributed by atoms with Gasteiger partial charge in [-0.2, -0.15) is 0 Å². The number of halogens is 2. The molecule has 0 aliphatic rings. The van der Waals surface area contributed by atoms with Gasteiger partial charge in [0.05, 0.1) is 6.54 Å². The van der Waals surface area contributed by atoms with Crippen molar-refractivity contribution in [2.45, 2.75) is 26.4 Å². The maximum absolute atomic E-state index is 13.7. The summed E-state index contributed by atoms with van der Waals surface area (Å²) in [4.78, 5) is 0. The van der Waals surface area contributed by atoms with Crippen LogP contribution in [0.3, 0.4) is 0 Å².